The molecule has 1 N–H and O–H groups in total. The van der Waals surface area contributed by atoms with Crippen LogP contribution in [0.25, 0.3) is 11.2 Å². The molecule has 124 valence electrons. The van der Waals surface area contributed by atoms with Crippen molar-refractivity contribution >= 4 is 17.1 Å². The van der Waals surface area contributed by atoms with Crippen LogP contribution in [-0.4, -0.2) is 32.2 Å². The molecule has 1 fully saturated rings. The Balaban J connectivity index is 2.24. The molecule has 1 aliphatic heterocycles. The number of rotatable bonds is 3. The molecule has 2 aromatic rings. The van der Waals surface area contributed by atoms with Crippen LogP contribution in [0, 0.1) is 11.8 Å². The molecule has 1 aliphatic rings. The van der Waals surface area contributed by atoms with Crippen LogP contribution in [0.1, 0.15) is 20.3 Å². The maximum absolute atomic E-state index is 12.3. The minimum absolute atomic E-state index is 0.401. The van der Waals surface area contributed by atoms with Crippen molar-refractivity contribution in [3.05, 3.63) is 33.5 Å². The highest BCUT2D eigenvalue weighted by Gasteiger charge is 2.27. The summed E-state index contributed by atoms with van der Waals surface area (Å²) in [6, 6.07) is 0. The van der Waals surface area contributed by atoms with E-state index < -0.39 is 11.2 Å². The minimum Gasteiger partial charge on any atom is -0.342 e. The molecule has 3 rings (SSSR count). The Hall–Kier alpha value is -2.31. The van der Waals surface area contributed by atoms with Crippen LogP contribution < -0.4 is 16.1 Å². The Labute approximate surface area is 134 Å². The van der Waals surface area contributed by atoms with Gasteiger partial charge in [-0.2, -0.15) is 4.98 Å². The summed E-state index contributed by atoms with van der Waals surface area (Å²) in [6.45, 7) is 10.5. The van der Waals surface area contributed by atoms with Crippen LogP contribution >= 0.6 is 0 Å². The van der Waals surface area contributed by atoms with Crippen molar-refractivity contribution in [1.29, 1.82) is 0 Å². The van der Waals surface area contributed by atoms with Crippen molar-refractivity contribution in [3.63, 3.8) is 0 Å². The number of aryl methyl sites for hydroxylation is 1. The molecule has 0 bridgehead atoms. The van der Waals surface area contributed by atoms with Gasteiger partial charge < -0.3 is 9.47 Å². The molecule has 0 spiro atoms. The Morgan fingerprint density at radius 1 is 1.30 bits per heavy atom. The summed E-state index contributed by atoms with van der Waals surface area (Å²) in [5.41, 5.74) is -0.00570. The molecular formula is C16H23N5O2. The van der Waals surface area contributed by atoms with E-state index in [1.165, 1.54) is 11.0 Å². The first-order valence-electron chi connectivity index (χ1n) is 7.97. The maximum Gasteiger partial charge on any atom is 0.329 e. The fraction of sp³-hybridized carbons (Fsp3) is 0.562. The second-order valence-electron chi connectivity index (χ2n) is 6.65. The van der Waals surface area contributed by atoms with Gasteiger partial charge in [-0.05, 0) is 18.3 Å². The molecule has 7 heteroatoms. The summed E-state index contributed by atoms with van der Waals surface area (Å²) < 4.78 is 3.24. The minimum atomic E-state index is -0.447. The third-order valence-electron chi connectivity index (χ3n) is 4.45. The van der Waals surface area contributed by atoms with Gasteiger partial charge in [0.2, 0.25) is 5.95 Å². The summed E-state index contributed by atoms with van der Waals surface area (Å²) in [5, 5.41) is 0. The number of fused-ring (bicyclic) bond motifs is 1. The molecule has 7 nitrogen and oxygen atoms in total. The summed E-state index contributed by atoms with van der Waals surface area (Å²) >= 11 is 0. The zero-order valence-corrected chi connectivity index (χ0v) is 13.9. The quantitative estimate of drug-likeness (QED) is 0.860. The highest BCUT2D eigenvalue weighted by atomic mass is 16.2. The Morgan fingerprint density at radius 2 is 1.96 bits per heavy atom. The first-order valence-corrected chi connectivity index (χ1v) is 7.97. The summed E-state index contributed by atoms with van der Waals surface area (Å²) in [5.74, 6) is 1.88. The summed E-state index contributed by atoms with van der Waals surface area (Å²) in [6.07, 6.45) is 2.93. The van der Waals surface area contributed by atoms with E-state index in [9.17, 15) is 9.59 Å². The van der Waals surface area contributed by atoms with E-state index in [2.05, 4.69) is 35.3 Å². The van der Waals surface area contributed by atoms with E-state index in [0.29, 0.717) is 29.5 Å². The highest BCUT2D eigenvalue weighted by molar-refractivity contribution is 5.74. The van der Waals surface area contributed by atoms with Crippen LogP contribution in [0.4, 0.5) is 5.95 Å². The molecule has 2 aromatic heterocycles. The van der Waals surface area contributed by atoms with Crippen LogP contribution in [0.2, 0.25) is 0 Å². The van der Waals surface area contributed by atoms with Gasteiger partial charge in [0.1, 0.15) is 0 Å². The number of aromatic nitrogens is 4. The van der Waals surface area contributed by atoms with E-state index in [0.717, 1.165) is 19.0 Å². The second kappa shape index (κ2) is 5.72. The smallest absolute Gasteiger partial charge is 0.329 e. The molecule has 2 atom stereocenters. The van der Waals surface area contributed by atoms with Gasteiger partial charge in [0.25, 0.3) is 5.56 Å². The monoisotopic (exact) mass is 317 g/mol. The van der Waals surface area contributed by atoms with Gasteiger partial charge in [0, 0.05) is 26.7 Å². The van der Waals surface area contributed by atoms with Gasteiger partial charge in [-0.15, -0.1) is 6.58 Å². The molecule has 23 heavy (non-hydrogen) atoms. The second-order valence-corrected chi connectivity index (χ2v) is 6.65. The van der Waals surface area contributed by atoms with Gasteiger partial charge in [-0.3, -0.25) is 14.3 Å². The number of nitrogens with zero attached hydrogens (tertiary/aromatic N) is 4. The number of piperidine rings is 1. The Bertz CT molecular complexity index is 850. The molecule has 0 amide bonds. The lowest BCUT2D eigenvalue weighted by Crippen LogP contribution is -2.40. The standard InChI is InChI=1S/C16H23N5O2/c1-5-6-21-12-13(19(4)16(23)18-14(12)22)17-15(21)20-8-10(2)7-11(3)9-20/h5,10-11H,1,6-9H2,2-4H3,(H,18,22,23)/t10-,11-/m1/s1. The normalized spacial score (nSPS) is 21.8. The van der Waals surface area contributed by atoms with Crippen molar-refractivity contribution in [2.75, 3.05) is 18.0 Å². The molecule has 0 radical (unpaired) electrons. The molecular weight excluding hydrogens is 294 g/mol. The average molecular weight is 317 g/mol. The van der Waals surface area contributed by atoms with Crippen molar-refractivity contribution in [2.45, 2.75) is 26.8 Å². The summed E-state index contributed by atoms with van der Waals surface area (Å²) in [4.78, 5) is 33.3. The van der Waals surface area contributed by atoms with E-state index in [1.807, 2.05) is 4.57 Å². The molecule has 0 unspecified atom stereocenters. The maximum atomic E-state index is 12.3. The first kappa shape index (κ1) is 15.6. The highest BCUT2D eigenvalue weighted by Crippen LogP contribution is 2.27. The lowest BCUT2D eigenvalue weighted by molar-refractivity contribution is 0.352. The Morgan fingerprint density at radius 3 is 2.57 bits per heavy atom. The topological polar surface area (TPSA) is 75.9 Å². The number of H-pyrrole nitrogens is 1. The number of imidazole rings is 1. The van der Waals surface area contributed by atoms with Gasteiger partial charge in [-0.1, -0.05) is 19.9 Å². The van der Waals surface area contributed by atoms with Crippen LogP contribution in [0.5, 0.6) is 0 Å². The van der Waals surface area contributed by atoms with Gasteiger partial charge in [-0.25, -0.2) is 4.79 Å². The first-order chi connectivity index (χ1) is 10.9. The lowest BCUT2D eigenvalue weighted by Gasteiger charge is -2.35. The summed E-state index contributed by atoms with van der Waals surface area (Å²) in [7, 11) is 1.62. The number of nitrogens with one attached hydrogen (secondary N) is 1. The number of anilines is 1. The van der Waals surface area contributed by atoms with Gasteiger partial charge in [0.15, 0.2) is 11.2 Å². The van der Waals surface area contributed by atoms with Crippen LogP contribution in [0.3, 0.4) is 0 Å². The zero-order chi connectivity index (χ0) is 16.7. The third-order valence-corrected chi connectivity index (χ3v) is 4.45. The van der Waals surface area contributed by atoms with E-state index in [1.54, 1.807) is 13.1 Å². The fourth-order valence-corrected chi connectivity index (χ4v) is 3.59. The van der Waals surface area contributed by atoms with Crippen LogP contribution in [0.15, 0.2) is 22.2 Å². The van der Waals surface area contributed by atoms with E-state index in [4.69, 9.17) is 0 Å². The average Bonchev–Trinajstić information content (AvgIpc) is 2.84. The fourth-order valence-electron chi connectivity index (χ4n) is 3.59. The SMILES string of the molecule is C=CCn1c(N2C[C@H](C)C[C@@H](C)C2)nc2c1c(=O)[nH]c(=O)n2C. The molecule has 0 aliphatic carbocycles. The van der Waals surface area contributed by atoms with E-state index >= 15 is 0 Å². The predicted molar refractivity (Wildman–Crippen MR) is 90.9 cm³/mol. The molecule has 1 saturated heterocycles. The van der Waals surface area contributed by atoms with Crippen molar-refractivity contribution < 1.29 is 0 Å². The third kappa shape index (κ3) is 2.60. The Kier molecular flexibility index (Phi) is 3.87. The van der Waals surface area contributed by atoms with Crippen molar-refractivity contribution in [1.82, 2.24) is 19.1 Å². The van der Waals surface area contributed by atoms with Gasteiger partial charge >= 0.3 is 5.69 Å². The van der Waals surface area contributed by atoms with Gasteiger partial charge in [0.05, 0.1) is 0 Å². The molecule has 3 heterocycles. The largest absolute Gasteiger partial charge is 0.342 e. The number of hydrogen-bond donors (Lipinski definition) is 1. The molecule has 0 aromatic carbocycles. The van der Waals surface area contributed by atoms with Crippen molar-refractivity contribution in [3.8, 4) is 0 Å². The van der Waals surface area contributed by atoms with Crippen molar-refractivity contribution in [2.24, 2.45) is 18.9 Å². The zero-order valence-electron chi connectivity index (χ0n) is 13.9. The lowest BCUT2D eigenvalue weighted by atomic mass is 9.92. The number of allylic oxidation sites excluding steroid dienone is 1. The molecule has 0 saturated carbocycles. The van der Waals surface area contributed by atoms with E-state index in [-0.39, 0.29) is 0 Å². The number of aromatic amines is 1. The predicted octanol–water partition coefficient (Wildman–Crippen LogP) is 1.09. The van der Waals surface area contributed by atoms with Crippen LogP contribution in [-0.2, 0) is 13.6 Å². The number of hydrogen-bond acceptors (Lipinski definition) is 4.